The minimum absolute atomic E-state index is 0.320. The summed E-state index contributed by atoms with van der Waals surface area (Å²) in [7, 11) is 0. The second-order valence-electron chi connectivity index (χ2n) is 19.8. The number of fused-ring (bicyclic) bond motifs is 1. The van der Waals surface area contributed by atoms with Gasteiger partial charge in [-0.25, -0.2) is 0 Å². The van der Waals surface area contributed by atoms with Crippen LogP contribution in [-0.4, -0.2) is 90.6 Å². The monoisotopic (exact) mass is 764 g/mol. The third kappa shape index (κ3) is 10.3. The second-order valence-corrected chi connectivity index (χ2v) is 19.8. The summed E-state index contributed by atoms with van der Waals surface area (Å²) in [6, 6.07) is 0. The molecule has 306 valence electrons. The average molecular weight is 765 g/mol. The molecule has 2 aliphatic heterocycles. The Morgan fingerprint density at radius 2 is 1.15 bits per heavy atom. The molecule has 0 aromatic rings. The van der Waals surface area contributed by atoms with Gasteiger partial charge < -0.3 is 37.9 Å². The largest absolute Gasteiger partial charge is 0.462 e. The van der Waals surface area contributed by atoms with Gasteiger partial charge in [0.25, 0.3) is 0 Å². The molecule has 1 aliphatic carbocycles. The molecule has 0 aromatic carbocycles. The van der Waals surface area contributed by atoms with E-state index in [1.54, 1.807) is 90.0 Å². The first-order valence-corrected chi connectivity index (χ1v) is 18.8. The minimum Gasteiger partial charge on any atom is -0.462 e. The lowest BCUT2D eigenvalue weighted by atomic mass is 9.63. The molecular formula is C41H64O13. The molecule has 2 saturated heterocycles. The fourth-order valence-corrected chi connectivity index (χ4v) is 6.45. The van der Waals surface area contributed by atoms with Crippen LogP contribution in [0.25, 0.3) is 0 Å². The lowest BCUT2D eigenvalue weighted by Crippen LogP contribution is -2.64. The molecule has 3 fully saturated rings. The quantitative estimate of drug-likeness (QED) is 0.125. The van der Waals surface area contributed by atoms with Crippen molar-refractivity contribution in [3.8, 4) is 11.8 Å². The van der Waals surface area contributed by atoms with Crippen LogP contribution in [0.4, 0.5) is 0 Å². The van der Waals surface area contributed by atoms with E-state index >= 15 is 0 Å². The molecule has 0 spiro atoms. The van der Waals surface area contributed by atoms with Gasteiger partial charge in [0.2, 0.25) is 6.29 Å². The van der Waals surface area contributed by atoms with Crippen molar-refractivity contribution >= 4 is 29.8 Å². The van der Waals surface area contributed by atoms with E-state index in [1.165, 1.54) is 6.92 Å². The maximum Gasteiger partial charge on any atom is 0.311 e. The van der Waals surface area contributed by atoms with Gasteiger partial charge >= 0.3 is 29.8 Å². The van der Waals surface area contributed by atoms with Gasteiger partial charge in [-0.05, 0) is 103 Å². The number of carbonyl (C=O) groups is 5. The highest BCUT2D eigenvalue weighted by Gasteiger charge is 2.76. The topological polar surface area (TPSA) is 162 Å². The molecule has 54 heavy (non-hydrogen) atoms. The predicted octanol–water partition coefficient (Wildman–Crippen LogP) is 5.86. The number of ether oxygens (including phenoxy) is 8. The zero-order valence-electron chi connectivity index (χ0n) is 35.5. The molecule has 0 N–H and O–H groups in total. The highest BCUT2D eigenvalue weighted by molar-refractivity contribution is 5.78. The molecule has 13 heteroatoms. The average Bonchev–Trinajstić information content (AvgIpc) is 3.60. The van der Waals surface area contributed by atoms with Crippen LogP contribution in [-0.2, 0) is 61.9 Å². The van der Waals surface area contributed by atoms with Gasteiger partial charge in [0.05, 0.1) is 21.7 Å². The molecule has 0 amide bonds. The lowest BCUT2D eigenvalue weighted by Gasteiger charge is -2.46. The standard InChI is InChI=1S/C41H64O13/c1-23(18-19-41-39(15,16)20-25(49-24(2)42)21-40(41,17)54-41)48-30-29(53-34(46)38(12,13)14)28(52-33(45)37(9,10)11)27(51-32(44)36(6,7)8)26(50-30)22-47-31(43)35(3,4)5/h23,25-30H,20-22H2,1-17H3/t23-,25-,26+,27+,28-,29+,30+,40+,41-/m0/s1. The van der Waals surface area contributed by atoms with Gasteiger partial charge in [0.1, 0.15) is 30.5 Å². The maximum absolute atomic E-state index is 13.6. The molecular weight excluding hydrogens is 700 g/mol. The van der Waals surface area contributed by atoms with Gasteiger partial charge in [-0.2, -0.15) is 0 Å². The molecule has 0 bridgehead atoms. The first kappa shape index (κ1) is 45.2. The minimum atomic E-state index is -1.45. The normalized spacial score (nSPS) is 31.4. The van der Waals surface area contributed by atoms with Crippen molar-refractivity contribution in [2.45, 2.75) is 185 Å². The van der Waals surface area contributed by atoms with E-state index in [4.69, 9.17) is 37.9 Å². The van der Waals surface area contributed by atoms with E-state index < -0.39 is 106 Å². The summed E-state index contributed by atoms with van der Waals surface area (Å²) in [5, 5.41) is 0. The van der Waals surface area contributed by atoms with Crippen LogP contribution in [0.3, 0.4) is 0 Å². The summed E-state index contributed by atoms with van der Waals surface area (Å²) in [4.78, 5) is 65.3. The third-order valence-electron chi connectivity index (χ3n) is 9.66. The Kier molecular flexibility index (Phi) is 12.9. The molecule has 0 radical (unpaired) electrons. The molecule has 3 rings (SSSR count). The highest BCUT2D eigenvalue weighted by atomic mass is 16.7. The molecule has 0 unspecified atom stereocenters. The van der Waals surface area contributed by atoms with E-state index in [0.717, 1.165) is 0 Å². The maximum atomic E-state index is 13.6. The van der Waals surface area contributed by atoms with Crippen LogP contribution in [0.1, 0.15) is 131 Å². The van der Waals surface area contributed by atoms with E-state index in [0.29, 0.717) is 12.8 Å². The Morgan fingerprint density at radius 1 is 0.685 bits per heavy atom. The van der Waals surface area contributed by atoms with E-state index in [9.17, 15) is 24.0 Å². The van der Waals surface area contributed by atoms with Crippen molar-refractivity contribution in [2.24, 2.45) is 27.1 Å². The van der Waals surface area contributed by atoms with Gasteiger partial charge in [-0.15, -0.1) is 0 Å². The second kappa shape index (κ2) is 15.4. The number of epoxide rings is 1. The highest BCUT2D eigenvalue weighted by Crippen LogP contribution is 2.65. The van der Waals surface area contributed by atoms with E-state index in [2.05, 4.69) is 11.8 Å². The van der Waals surface area contributed by atoms with Gasteiger partial charge in [0.15, 0.2) is 23.9 Å². The number of hydrogen-bond donors (Lipinski definition) is 0. The Morgan fingerprint density at radius 3 is 1.59 bits per heavy atom. The summed E-state index contributed by atoms with van der Waals surface area (Å²) in [6.45, 7) is 28.6. The molecule has 2 heterocycles. The predicted molar refractivity (Wildman–Crippen MR) is 196 cm³/mol. The zero-order chi connectivity index (χ0) is 41.6. The Bertz CT molecular complexity index is 1510. The van der Waals surface area contributed by atoms with Gasteiger partial charge in [-0.1, -0.05) is 25.7 Å². The Labute approximate surface area is 321 Å². The number of rotatable bonds is 8. The van der Waals surface area contributed by atoms with Crippen molar-refractivity contribution in [2.75, 3.05) is 6.61 Å². The van der Waals surface area contributed by atoms with Crippen molar-refractivity contribution < 1.29 is 61.9 Å². The fourth-order valence-electron chi connectivity index (χ4n) is 6.45. The van der Waals surface area contributed by atoms with Gasteiger partial charge in [0, 0.05) is 18.8 Å². The van der Waals surface area contributed by atoms with Crippen LogP contribution >= 0.6 is 0 Å². The van der Waals surface area contributed by atoms with Crippen molar-refractivity contribution in [3.05, 3.63) is 0 Å². The molecule has 1 saturated carbocycles. The fraction of sp³-hybridized carbons (Fsp3) is 0.829. The van der Waals surface area contributed by atoms with Crippen LogP contribution in [0.15, 0.2) is 0 Å². The number of esters is 5. The summed E-state index contributed by atoms with van der Waals surface area (Å²) in [6.07, 6.45) is -7.12. The van der Waals surface area contributed by atoms with Crippen molar-refractivity contribution in [3.63, 3.8) is 0 Å². The SMILES string of the molecule is CC(=O)O[C@H]1CC(C)(C)[C@]2(C#C[C@H](C)O[C@@H]3O[C@H](COC(=O)C(C)(C)C)[C@@H](OC(=O)C(C)(C)C)[C@H](OC(=O)C(C)(C)C)[C@H]3OC(=O)C(C)(C)C)O[C@]2(C)C1. The summed E-state index contributed by atoms with van der Waals surface area (Å²) < 4.78 is 48.5. The van der Waals surface area contributed by atoms with Crippen molar-refractivity contribution in [1.29, 1.82) is 0 Å². The molecule has 0 aromatic heterocycles. The van der Waals surface area contributed by atoms with E-state index in [-0.39, 0.29) is 12.1 Å². The Hall–Kier alpha value is -3.21. The van der Waals surface area contributed by atoms with Crippen LogP contribution in [0.2, 0.25) is 0 Å². The number of carbonyl (C=O) groups excluding carboxylic acids is 5. The lowest BCUT2D eigenvalue weighted by molar-refractivity contribution is -0.315. The zero-order valence-corrected chi connectivity index (χ0v) is 35.5. The first-order chi connectivity index (χ1) is 24.2. The molecule has 9 atom stereocenters. The Balaban J connectivity index is 2.10. The summed E-state index contributed by atoms with van der Waals surface area (Å²) in [5.74, 6) is 3.56. The van der Waals surface area contributed by atoms with Crippen LogP contribution in [0.5, 0.6) is 0 Å². The van der Waals surface area contributed by atoms with Crippen molar-refractivity contribution in [1.82, 2.24) is 0 Å². The summed E-state index contributed by atoms with van der Waals surface area (Å²) in [5.41, 5.74) is -5.93. The summed E-state index contributed by atoms with van der Waals surface area (Å²) >= 11 is 0. The number of hydrogen-bond acceptors (Lipinski definition) is 13. The van der Waals surface area contributed by atoms with Crippen LogP contribution < -0.4 is 0 Å². The molecule has 3 aliphatic rings. The smallest absolute Gasteiger partial charge is 0.311 e. The molecule has 13 nitrogen and oxygen atoms in total. The van der Waals surface area contributed by atoms with Crippen LogP contribution in [0, 0.1) is 38.9 Å². The van der Waals surface area contributed by atoms with Gasteiger partial charge in [-0.3, -0.25) is 24.0 Å². The van der Waals surface area contributed by atoms with E-state index in [1.807, 2.05) is 20.8 Å². The third-order valence-corrected chi connectivity index (χ3v) is 9.66. The first-order valence-electron chi connectivity index (χ1n) is 18.8.